The highest BCUT2D eigenvalue weighted by Gasteiger charge is 2.41. The van der Waals surface area contributed by atoms with Crippen molar-refractivity contribution < 1.29 is 8.42 Å². The second kappa shape index (κ2) is 10.2. The Bertz CT molecular complexity index is 1920. The number of imidazole rings is 1. The van der Waals surface area contributed by atoms with Crippen LogP contribution in [0.4, 0.5) is 5.82 Å². The number of sulfonamides is 1. The Balaban J connectivity index is 1.11. The van der Waals surface area contributed by atoms with Gasteiger partial charge in [-0.1, -0.05) is 6.07 Å². The van der Waals surface area contributed by atoms with E-state index in [-0.39, 0.29) is 11.3 Å². The molecule has 5 aromatic rings. The molecule has 2 aliphatic carbocycles. The topological polar surface area (TPSA) is 137 Å². The Morgan fingerprint density at radius 3 is 2.56 bits per heavy atom. The van der Waals surface area contributed by atoms with E-state index in [9.17, 15) is 8.42 Å². The van der Waals surface area contributed by atoms with Gasteiger partial charge in [0.15, 0.2) is 17.3 Å². The van der Waals surface area contributed by atoms with Crippen molar-refractivity contribution in [1.82, 2.24) is 38.9 Å². The fourth-order valence-electron chi connectivity index (χ4n) is 6.57. The SMILES string of the molecule is Nc1ncccc1-c1nc2ccc(-n3cccn3)nc2n1-c1ccc2c(c1)CC[C@@H]2NC1CCN(S(=O)(=O)C2CC2)CC1. The van der Waals surface area contributed by atoms with Crippen LogP contribution in [0.15, 0.2) is 67.1 Å². The van der Waals surface area contributed by atoms with Gasteiger partial charge in [-0.3, -0.25) is 4.57 Å². The van der Waals surface area contributed by atoms with Crippen LogP contribution < -0.4 is 11.1 Å². The van der Waals surface area contributed by atoms with Gasteiger partial charge in [0.05, 0.1) is 10.8 Å². The van der Waals surface area contributed by atoms with Crippen molar-refractivity contribution in [3.63, 3.8) is 0 Å². The molecule has 0 unspecified atom stereocenters. The van der Waals surface area contributed by atoms with Gasteiger partial charge in [-0.2, -0.15) is 5.10 Å². The van der Waals surface area contributed by atoms with E-state index in [0.717, 1.165) is 55.3 Å². The van der Waals surface area contributed by atoms with E-state index < -0.39 is 10.0 Å². The molecule has 0 radical (unpaired) electrons. The number of nitrogens with zero attached hydrogens (tertiary/aromatic N) is 7. The lowest BCUT2D eigenvalue weighted by Gasteiger charge is -2.33. The van der Waals surface area contributed by atoms with Crippen LogP contribution in [0.3, 0.4) is 0 Å². The monoisotopic (exact) mass is 595 g/mol. The number of hydrogen-bond acceptors (Lipinski definition) is 8. The van der Waals surface area contributed by atoms with Crippen LogP contribution in [0.5, 0.6) is 0 Å². The summed E-state index contributed by atoms with van der Waals surface area (Å²) in [5, 5.41) is 8.08. The third-order valence-corrected chi connectivity index (χ3v) is 11.4. The number of benzene rings is 1. The quantitative estimate of drug-likeness (QED) is 0.290. The molecule has 1 aromatic carbocycles. The molecule has 0 amide bonds. The van der Waals surface area contributed by atoms with E-state index in [0.29, 0.717) is 42.2 Å². The highest BCUT2D eigenvalue weighted by atomic mass is 32.2. The summed E-state index contributed by atoms with van der Waals surface area (Å²) in [4.78, 5) is 14.2. The molecule has 1 saturated heterocycles. The highest BCUT2D eigenvalue weighted by molar-refractivity contribution is 7.90. The molecule has 5 heterocycles. The predicted molar refractivity (Wildman–Crippen MR) is 164 cm³/mol. The Morgan fingerprint density at radius 1 is 0.930 bits per heavy atom. The van der Waals surface area contributed by atoms with Gasteiger partial charge in [0.25, 0.3) is 0 Å². The average molecular weight is 596 g/mol. The van der Waals surface area contributed by atoms with Crippen molar-refractivity contribution in [3.8, 4) is 22.9 Å². The summed E-state index contributed by atoms with van der Waals surface area (Å²) >= 11 is 0. The number of aromatic nitrogens is 6. The number of pyridine rings is 2. The van der Waals surface area contributed by atoms with Crippen molar-refractivity contribution in [2.45, 2.75) is 55.9 Å². The molecule has 0 spiro atoms. The van der Waals surface area contributed by atoms with E-state index in [1.807, 2.05) is 36.5 Å². The molecule has 4 aromatic heterocycles. The van der Waals surface area contributed by atoms with Gasteiger partial charge < -0.3 is 11.1 Å². The molecule has 2 fully saturated rings. The lowest BCUT2D eigenvalue weighted by molar-refractivity contribution is 0.272. The highest BCUT2D eigenvalue weighted by Crippen LogP contribution is 2.37. The summed E-state index contributed by atoms with van der Waals surface area (Å²) in [6.45, 7) is 1.22. The minimum absolute atomic E-state index is 0.136. The van der Waals surface area contributed by atoms with Crippen LogP contribution in [0.25, 0.3) is 34.1 Å². The first-order chi connectivity index (χ1) is 21.0. The maximum Gasteiger partial charge on any atom is 0.216 e. The minimum Gasteiger partial charge on any atom is -0.383 e. The van der Waals surface area contributed by atoms with Gasteiger partial charge >= 0.3 is 0 Å². The van der Waals surface area contributed by atoms with Gasteiger partial charge in [0.2, 0.25) is 10.0 Å². The van der Waals surface area contributed by atoms with E-state index >= 15 is 0 Å². The first-order valence-electron chi connectivity index (χ1n) is 14.9. The number of nitrogens with two attached hydrogens (primary N) is 1. The zero-order chi connectivity index (χ0) is 29.1. The number of nitrogen functional groups attached to an aromatic ring is 1. The lowest BCUT2D eigenvalue weighted by atomic mass is 10.0. The summed E-state index contributed by atoms with van der Waals surface area (Å²) in [5.74, 6) is 1.80. The first kappa shape index (κ1) is 26.5. The zero-order valence-electron chi connectivity index (χ0n) is 23.7. The van der Waals surface area contributed by atoms with Crippen molar-refractivity contribution in [2.24, 2.45) is 0 Å². The number of aryl methyl sites for hydroxylation is 1. The maximum atomic E-state index is 12.7. The van der Waals surface area contributed by atoms with Crippen LogP contribution in [0, 0.1) is 0 Å². The molecule has 8 rings (SSSR count). The molecule has 11 nitrogen and oxygen atoms in total. The Kier molecular flexibility index (Phi) is 6.32. The summed E-state index contributed by atoms with van der Waals surface area (Å²) < 4.78 is 30.8. The summed E-state index contributed by atoms with van der Waals surface area (Å²) in [5.41, 5.74) is 12.1. The molecule has 0 bridgehead atoms. The van der Waals surface area contributed by atoms with E-state index in [4.69, 9.17) is 15.7 Å². The second-order valence-corrected chi connectivity index (χ2v) is 13.9. The third-order valence-electron chi connectivity index (χ3n) is 8.97. The van der Waals surface area contributed by atoms with Gasteiger partial charge in [0, 0.05) is 49.5 Å². The largest absolute Gasteiger partial charge is 0.383 e. The van der Waals surface area contributed by atoms with Crippen molar-refractivity contribution in [1.29, 1.82) is 0 Å². The number of fused-ring (bicyclic) bond motifs is 2. The van der Waals surface area contributed by atoms with Gasteiger partial charge in [-0.05, 0) is 92.1 Å². The average Bonchev–Trinajstić information content (AvgIpc) is 3.43. The summed E-state index contributed by atoms with van der Waals surface area (Å²) in [7, 11) is -3.10. The molecule has 220 valence electrons. The van der Waals surface area contributed by atoms with E-state index in [1.165, 1.54) is 11.1 Å². The molecule has 43 heavy (non-hydrogen) atoms. The van der Waals surface area contributed by atoms with Crippen molar-refractivity contribution >= 4 is 27.0 Å². The lowest BCUT2D eigenvalue weighted by Crippen LogP contribution is -2.46. The Morgan fingerprint density at radius 2 is 1.79 bits per heavy atom. The molecule has 3 aliphatic rings. The van der Waals surface area contributed by atoms with Crippen LogP contribution in [0.2, 0.25) is 0 Å². The van der Waals surface area contributed by atoms with Crippen LogP contribution in [-0.2, 0) is 16.4 Å². The Hall–Kier alpha value is -4.13. The van der Waals surface area contributed by atoms with Crippen molar-refractivity contribution in [3.05, 3.63) is 78.2 Å². The molecule has 1 atom stereocenters. The molecule has 3 N–H and O–H groups in total. The van der Waals surface area contributed by atoms with Gasteiger partial charge in [0.1, 0.15) is 11.3 Å². The second-order valence-electron chi connectivity index (χ2n) is 11.7. The molecule has 1 aliphatic heterocycles. The number of nitrogens with one attached hydrogen (secondary N) is 1. The van der Waals surface area contributed by atoms with Crippen LogP contribution >= 0.6 is 0 Å². The van der Waals surface area contributed by atoms with Crippen molar-refractivity contribution in [2.75, 3.05) is 18.8 Å². The number of piperidine rings is 1. The zero-order valence-corrected chi connectivity index (χ0v) is 24.5. The van der Waals surface area contributed by atoms with Gasteiger partial charge in [-0.25, -0.2) is 32.4 Å². The molecule has 12 heteroatoms. The van der Waals surface area contributed by atoms with Crippen LogP contribution in [-0.4, -0.2) is 66.4 Å². The fraction of sp³-hybridized carbons (Fsp3) is 0.355. The molecule has 1 saturated carbocycles. The Labute approximate surface area is 249 Å². The predicted octanol–water partition coefficient (Wildman–Crippen LogP) is 3.78. The van der Waals surface area contributed by atoms with E-state index in [1.54, 1.807) is 21.4 Å². The summed E-state index contributed by atoms with van der Waals surface area (Å²) in [6.07, 6.45) is 10.6. The fourth-order valence-corrected chi connectivity index (χ4v) is 8.44. The standard InChI is InChI=1S/C31H33N9O2S/c32-29-25(3-1-14-33-29)30-36-27-10-11-28(39-16-2-15-34-39)37-31(27)40(30)22-5-8-24-20(19-22)4-9-26(24)35-21-12-17-38(18-13-21)43(41,42)23-6-7-23/h1-3,5,8,10-11,14-16,19,21,23,26,35H,4,6-7,9,12-13,17-18H2,(H2,32,33)/t26-/m0/s1. The first-order valence-corrected chi connectivity index (χ1v) is 16.4. The van der Waals surface area contributed by atoms with Crippen LogP contribution in [0.1, 0.15) is 49.3 Å². The maximum absolute atomic E-state index is 12.7. The minimum atomic E-state index is -3.10. The number of rotatable bonds is 7. The molecular weight excluding hydrogens is 562 g/mol. The van der Waals surface area contributed by atoms with Gasteiger partial charge in [-0.15, -0.1) is 0 Å². The van der Waals surface area contributed by atoms with E-state index in [2.05, 4.69) is 38.2 Å². The third kappa shape index (κ3) is 4.70. The normalized spacial score (nSPS) is 19.7. The summed E-state index contributed by atoms with van der Waals surface area (Å²) in [6, 6.07) is 16.7. The smallest absolute Gasteiger partial charge is 0.216 e. The number of anilines is 1. The molecular formula is C31H33N9O2S. The number of hydrogen-bond donors (Lipinski definition) is 2.